The second-order valence-electron chi connectivity index (χ2n) is 6.37. The molecule has 2 N–H and O–H groups in total. The van der Waals surface area contributed by atoms with E-state index in [2.05, 4.69) is 29.2 Å². The first-order valence-electron chi connectivity index (χ1n) is 8.50. The maximum absolute atomic E-state index is 13.0. The van der Waals surface area contributed by atoms with E-state index in [-0.39, 0.29) is 36.6 Å². The normalized spacial score (nSPS) is 28.0. The topological polar surface area (TPSA) is 55.6 Å². The monoisotopic (exact) mass is 338 g/mol. The molecule has 0 aliphatic carbocycles. The molecule has 3 rings (SSSR count). The summed E-state index contributed by atoms with van der Waals surface area (Å²) in [5.41, 5.74) is 6.91. The van der Waals surface area contributed by atoms with Crippen molar-refractivity contribution in [3.63, 3.8) is 0 Å². The first-order chi connectivity index (χ1) is 10.8. The maximum Gasteiger partial charge on any atom is 0.252 e. The molecule has 0 aromatic heterocycles. The SMILES string of the molecule is Cl.NC[C@H]1CC[C@@H](C(=O)N2CCCCCC2c2ccccc2)O1. The number of hydrogen-bond acceptors (Lipinski definition) is 3. The zero-order valence-corrected chi connectivity index (χ0v) is 14.3. The molecular weight excluding hydrogens is 312 g/mol. The number of nitrogens with two attached hydrogens (primary N) is 1. The summed E-state index contributed by atoms with van der Waals surface area (Å²) in [5, 5.41) is 0. The van der Waals surface area contributed by atoms with Crippen molar-refractivity contribution in [1.82, 2.24) is 4.90 Å². The lowest BCUT2D eigenvalue weighted by molar-refractivity contribution is -0.145. The summed E-state index contributed by atoms with van der Waals surface area (Å²) in [7, 11) is 0. The Bertz CT molecular complexity index is 497. The van der Waals surface area contributed by atoms with Crippen molar-refractivity contribution in [2.24, 2.45) is 5.73 Å². The van der Waals surface area contributed by atoms with Gasteiger partial charge in [-0.2, -0.15) is 0 Å². The van der Waals surface area contributed by atoms with E-state index < -0.39 is 0 Å². The van der Waals surface area contributed by atoms with Gasteiger partial charge in [-0.1, -0.05) is 43.2 Å². The van der Waals surface area contributed by atoms with Gasteiger partial charge < -0.3 is 15.4 Å². The number of hydrogen-bond donors (Lipinski definition) is 1. The summed E-state index contributed by atoms with van der Waals surface area (Å²) in [6, 6.07) is 10.6. The van der Waals surface area contributed by atoms with Crippen molar-refractivity contribution in [2.75, 3.05) is 13.1 Å². The Morgan fingerprint density at radius 3 is 2.61 bits per heavy atom. The van der Waals surface area contributed by atoms with E-state index in [1.807, 2.05) is 6.07 Å². The molecule has 5 heteroatoms. The number of halogens is 1. The number of carbonyl (C=O) groups is 1. The van der Waals surface area contributed by atoms with Crippen LogP contribution in [0.1, 0.15) is 50.1 Å². The van der Waals surface area contributed by atoms with E-state index in [1.54, 1.807) is 0 Å². The van der Waals surface area contributed by atoms with Crippen LogP contribution < -0.4 is 5.73 Å². The molecule has 0 spiro atoms. The van der Waals surface area contributed by atoms with Crippen LogP contribution in [0.5, 0.6) is 0 Å². The van der Waals surface area contributed by atoms with Crippen LogP contribution in [0.2, 0.25) is 0 Å². The van der Waals surface area contributed by atoms with Crippen molar-refractivity contribution in [2.45, 2.75) is 56.8 Å². The lowest BCUT2D eigenvalue weighted by Crippen LogP contribution is -2.42. The molecule has 3 atom stereocenters. The Morgan fingerprint density at radius 2 is 1.91 bits per heavy atom. The van der Waals surface area contributed by atoms with E-state index >= 15 is 0 Å². The number of likely N-dealkylation sites (tertiary alicyclic amines) is 1. The van der Waals surface area contributed by atoms with Gasteiger partial charge in [0.15, 0.2) is 0 Å². The van der Waals surface area contributed by atoms with Gasteiger partial charge in [0.1, 0.15) is 6.10 Å². The lowest BCUT2D eigenvalue weighted by Gasteiger charge is -2.32. The minimum absolute atomic E-state index is 0. The average Bonchev–Trinajstić information content (AvgIpc) is 2.92. The maximum atomic E-state index is 13.0. The first-order valence-corrected chi connectivity index (χ1v) is 8.50. The van der Waals surface area contributed by atoms with Crippen molar-refractivity contribution in [3.8, 4) is 0 Å². The molecule has 1 unspecified atom stereocenters. The molecule has 2 aliphatic rings. The zero-order valence-electron chi connectivity index (χ0n) is 13.5. The van der Waals surface area contributed by atoms with Gasteiger partial charge in [-0.25, -0.2) is 0 Å². The molecule has 0 radical (unpaired) electrons. The second kappa shape index (κ2) is 8.67. The molecule has 0 saturated carbocycles. The highest BCUT2D eigenvalue weighted by Crippen LogP contribution is 2.32. The predicted octanol–water partition coefficient (Wildman–Crippen LogP) is 3.06. The Hall–Kier alpha value is -1.10. The van der Waals surface area contributed by atoms with Crippen molar-refractivity contribution >= 4 is 18.3 Å². The molecule has 4 nitrogen and oxygen atoms in total. The fourth-order valence-corrected chi connectivity index (χ4v) is 3.64. The van der Waals surface area contributed by atoms with Crippen LogP contribution in [-0.4, -0.2) is 36.1 Å². The molecule has 2 saturated heterocycles. The van der Waals surface area contributed by atoms with Crippen LogP contribution in [0.4, 0.5) is 0 Å². The molecule has 1 amide bonds. The molecular formula is C18H27ClN2O2. The second-order valence-corrected chi connectivity index (χ2v) is 6.37. The third-order valence-electron chi connectivity index (χ3n) is 4.87. The van der Waals surface area contributed by atoms with Crippen LogP contribution in [0.3, 0.4) is 0 Å². The van der Waals surface area contributed by atoms with Crippen LogP contribution in [-0.2, 0) is 9.53 Å². The largest absolute Gasteiger partial charge is 0.364 e. The van der Waals surface area contributed by atoms with Crippen LogP contribution >= 0.6 is 12.4 Å². The number of rotatable bonds is 3. The summed E-state index contributed by atoms with van der Waals surface area (Å²) in [4.78, 5) is 15.0. The van der Waals surface area contributed by atoms with E-state index in [0.29, 0.717) is 6.54 Å². The van der Waals surface area contributed by atoms with Gasteiger partial charge in [-0.15, -0.1) is 12.4 Å². The quantitative estimate of drug-likeness (QED) is 0.921. The average molecular weight is 339 g/mol. The summed E-state index contributed by atoms with van der Waals surface area (Å²) in [5.74, 6) is 0.159. The smallest absolute Gasteiger partial charge is 0.252 e. The Kier molecular flexibility index (Phi) is 6.88. The molecule has 128 valence electrons. The number of nitrogens with zero attached hydrogens (tertiary/aromatic N) is 1. The van der Waals surface area contributed by atoms with Gasteiger partial charge in [0.25, 0.3) is 5.91 Å². The number of amides is 1. The summed E-state index contributed by atoms with van der Waals surface area (Å²) < 4.78 is 5.83. The third-order valence-corrected chi connectivity index (χ3v) is 4.87. The minimum Gasteiger partial charge on any atom is -0.364 e. The van der Waals surface area contributed by atoms with Crippen molar-refractivity contribution in [1.29, 1.82) is 0 Å². The van der Waals surface area contributed by atoms with Gasteiger partial charge in [-0.3, -0.25) is 4.79 Å². The van der Waals surface area contributed by atoms with Crippen molar-refractivity contribution < 1.29 is 9.53 Å². The highest BCUT2D eigenvalue weighted by atomic mass is 35.5. The molecule has 0 bridgehead atoms. The zero-order chi connectivity index (χ0) is 15.4. The Balaban J connectivity index is 0.00000192. The van der Waals surface area contributed by atoms with Gasteiger partial charge in [0.2, 0.25) is 0 Å². The molecule has 1 aromatic carbocycles. The predicted molar refractivity (Wildman–Crippen MR) is 93.6 cm³/mol. The first kappa shape index (κ1) is 18.2. The van der Waals surface area contributed by atoms with E-state index in [0.717, 1.165) is 32.2 Å². The number of benzene rings is 1. The molecule has 2 aliphatic heterocycles. The van der Waals surface area contributed by atoms with Crippen LogP contribution in [0, 0.1) is 0 Å². The number of carbonyl (C=O) groups excluding carboxylic acids is 1. The highest BCUT2D eigenvalue weighted by molar-refractivity contribution is 5.85. The number of ether oxygens (including phenoxy) is 1. The lowest BCUT2D eigenvalue weighted by atomic mass is 10.00. The van der Waals surface area contributed by atoms with Crippen LogP contribution in [0.25, 0.3) is 0 Å². The standard InChI is InChI=1S/C18H26N2O2.ClH/c19-13-15-10-11-17(22-15)18(21)20-12-6-2-5-9-16(20)14-7-3-1-4-8-14;/h1,3-4,7-8,15-17H,2,5-6,9-13,19H2;1H/t15-,16?,17+;/m1./s1. The fourth-order valence-electron chi connectivity index (χ4n) is 3.64. The van der Waals surface area contributed by atoms with Gasteiger partial charge in [-0.05, 0) is 31.2 Å². The minimum atomic E-state index is -0.294. The van der Waals surface area contributed by atoms with Crippen molar-refractivity contribution in [3.05, 3.63) is 35.9 Å². The summed E-state index contributed by atoms with van der Waals surface area (Å²) in [6.07, 6.45) is 5.97. The summed E-state index contributed by atoms with van der Waals surface area (Å²) in [6.45, 7) is 1.34. The molecule has 23 heavy (non-hydrogen) atoms. The fraction of sp³-hybridized carbons (Fsp3) is 0.611. The van der Waals surface area contributed by atoms with Gasteiger partial charge >= 0.3 is 0 Å². The Morgan fingerprint density at radius 1 is 1.13 bits per heavy atom. The Labute approximate surface area is 144 Å². The van der Waals surface area contributed by atoms with Gasteiger partial charge in [0, 0.05) is 13.1 Å². The molecule has 2 heterocycles. The third kappa shape index (κ3) is 4.25. The van der Waals surface area contributed by atoms with E-state index in [4.69, 9.17) is 10.5 Å². The summed E-state index contributed by atoms with van der Waals surface area (Å²) >= 11 is 0. The van der Waals surface area contributed by atoms with E-state index in [9.17, 15) is 4.79 Å². The highest BCUT2D eigenvalue weighted by Gasteiger charge is 2.36. The molecule has 2 fully saturated rings. The molecule has 1 aromatic rings. The van der Waals surface area contributed by atoms with Crippen LogP contribution in [0.15, 0.2) is 30.3 Å². The van der Waals surface area contributed by atoms with E-state index in [1.165, 1.54) is 18.4 Å². The van der Waals surface area contributed by atoms with Gasteiger partial charge in [0.05, 0.1) is 12.1 Å².